The minimum atomic E-state index is -5.15. The molecule has 0 bridgehead atoms. The molecule has 0 aliphatic heterocycles. The summed E-state index contributed by atoms with van der Waals surface area (Å²) in [4.78, 5) is 0.959. The van der Waals surface area contributed by atoms with Crippen molar-refractivity contribution >= 4 is 86.4 Å². The number of nitrogen functional groups attached to an aromatic ring is 2. The zero-order valence-corrected chi connectivity index (χ0v) is 32.6. The van der Waals surface area contributed by atoms with Gasteiger partial charge in [-0.3, -0.25) is 18.5 Å². The first-order chi connectivity index (χ1) is 25.1. The lowest BCUT2D eigenvalue weighted by Gasteiger charge is -2.11. The molecule has 8 N–H and O–H groups in total. The third-order valence-corrected chi connectivity index (χ3v) is 11.4. The maximum absolute atomic E-state index is 12.7. The Morgan fingerprint density at radius 2 is 1.33 bits per heavy atom. The highest BCUT2D eigenvalue weighted by molar-refractivity contribution is 7.94. The SMILES string of the molecule is C#COOSc1ccc(N=Nc2cc(S(=O)(=O)O)c(N)c(N=Nc3ccc(S(=O)(=O)CCCOCC)cc3S(=O)(=O)O)c2N)c(S(=O)(=O)O)c1.CCNC.[HH]. The van der Waals surface area contributed by atoms with Gasteiger partial charge in [0.2, 0.25) is 0 Å². The number of sulfone groups is 1. The van der Waals surface area contributed by atoms with Crippen molar-refractivity contribution in [3.63, 3.8) is 0 Å². The van der Waals surface area contributed by atoms with Gasteiger partial charge in [-0.05, 0) is 69.4 Å². The molecular formula is C28H37N7O14S5. The van der Waals surface area contributed by atoms with Crippen LogP contribution in [0, 0.1) is 12.5 Å². The molecular weight excluding hydrogens is 819 g/mol. The molecule has 0 aliphatic carbocycles. The molecule has 0 amide bonds. The Kier molecular flexibility index (Phi) is 16.9. The molecule has 0 radical (unpaired) electrons. The molecule has 3 aromatic rings. The van der Waals surface area contributed by atoms with E-state index in [-0.39, 0.29) is 19.3 Å². The van der Waals surface area contributed by atoms with Crippen LogP contribution >= 0.6 is 12.0 Å². The van der Waals surface area contributed by atoms with Crippen LogP contribution in [0.4, 0.5) is 34.1 Å². The van der Waals surface area contributed by atoms with Crippen LogP contribution in [-0.4, -0.2) is 79.9 Å². The molecule has 0 aliphatic rings. The van der Waals surface area contributed by atoms with Gasteiger partial charge in [0.15, 0.2) is 15.9 Å². The second-order valence-electron chi connectivity index (χ2n) is 10.1. The molecule has 3 aromatic carbocycles. The highest BCUT2D eigenvalue weighted by Gasteiger charge is 2.25. The van der Waals surface area contributed by atoms with Crippen LogP contribution in [0.25, 0.3) is 0 Å². The number of nitrogens with one attached hydrogen (secondary N) is 1. The number of hydrogen-bond donors (Lipinski definition) is 6. The van der Waals surface area contributed by atoms with Crippen molar-refractivity contribution in [2.45, 2.75) is 44.7 Å². The molecule has 0 fully saturated rings. The Morgan fingerprint density at radius 3 is 1.87 bits per heavy atom. The van der Waals surface area contributed by atoms with Crippen LogP contribution in [0.3, 0.4) is 0 Å². The Hall–Kier alpha value is -4.27. The second-order valence-corrected chi connectivity index (χ2v) is 17.1. The van der Waals surface area contributed by atoms with E-state index in [9.17, 15) is 47.3 Å². The van der Waals surface area contributed by atoms with Crippen molar-refractivity contribution < 1.29 is 62.7 Å². The van der Waals surface area contributed by atoms with Crippen molar-refractivity contribution in [3.8, 4) is 12.5 Å². The fraction of sp³-hybridized carbons (Fsp3) is 0.286. The lowest BCUT2D eigenvalue weighted by atomic mass is 10.2. The molecule has 0 atom stereocenters. The van der Waals surface area contributed by atoms with Crippen LogP contribution in [0.5, 0.6) is 0 Å². The van der Waals surface area contributed by atoms with E-state index in [4.69, 9.17) is 22.6 Å². The molecule has 0 heterocycles. The van der Waals surface area contributed by atoms with Crippen LogP contribution < -0.4 is 16.8 Å². The van der Waals surface area contributed by atoms with Gasteiger partial charge >= 0.3 is 0 Å². The van der Waals surface area contributed by atoms with Gasteiger partial charge in [0.05, 0.1) is 34.1 Å². The van der Waals surface area contributed by atoms with Gasteiger partial charge in [-0.15, -0.1) is 20.5 Å². The zero-order chi connectivity index (χ0) is 40.9. The lowest BCUT2D eigenvalue weighted by molar-refractivity contribution is -0.113. The Labute approximate surface area is 317 Å². The fourth-order valence-electron chi connectivity index (χ4n) is 3.78. The van der Waals surface area contributed by atoms with Crippen LogP contribution in [0.2, 0.25) is 0 Å². The number of ether oxygens (including phenoxy) is 1. The lowest BCUT2D eigenvalue weighted by Crippen LogP contribution is -2.10. The number of rotatable bonds is 17. The predicted molar refractivity (Wildman–Crippen MR) is 198 cm³/mol. The summed E-state index contributed by atoms with van der Waals surface area (Å²) in [5, 5.41) is 17.7. The van der Waals surface area contributed by atoms with E-state index in [1.165, 1.54) is 6.07 Å². The van der Waals surface area contributed by atoms with Gasteiger partial charge in [-0.1, -0.05) is 17.7 Å². The highest BCUT2D eigenvalue weighted by atomic mass is 32.2. The van der Waals surface area contributed by atoms with Gasteiger partial charge in [0.1, 0.15) is 37.4 Å². The van der Waals surface area contributed by atoms with Crippen molar-refractivity contribution in [1.82, 2.24) is 5.32 Å². The van der Waals surface area contributed by atoms with Crippen molar-refractivity contribution in [1.29, 1.82) is 0 Å². The molecule has 0 saturated carbocycles. The molecule has 21 nitrogen and oxygen atoms in total. The van der Waals surface area contributed by atoms with E-state index < -0.39 is 99.7 Å². The summed E-state index contributed by atoms with van der Waals surface area (Å²) >= 11 is 0.470. The molecule has 0 unspecified atom stereocenters. The first-order valence-electron chi connectivity index (χ1n) is 14.8. The fourth-order valence-corrected chi connectivity index (χ4v) is 7.61. The van der Waals surface area contributed by atoms with Crippen LogP contribution in [0.1, 0.15) is 21.7 Å². The highest BCUT2D eigenvalue weighted by Crippen LogP contribution is 2.44. The van der Waals surface area contributed by atoms with E-state index in [2.05, 4.69) is 41.9 Å². The number of terminal acetylenes is 1. The summed E-state index contributed by atoms with van der Waals surface area (Å²) in [5.41, 5.74) is 8.07. The molecule has 0 saturated heterocycles. The third-order valence-electron chi connectivity index (χ3n) is 6.37. The molecule has 26 heteroatoms. The number of anilines is 2. The van der Waals surface area contributed by atoms with Crippen molar-refractivity contribution in [2.75, 3.05) is 44.0 Å². The smallest absolute Gasteiger partial charge is 0.296 e. The van der Waals surface area contributed by atoms with E-state index in [0.29, 0.717) is 30.8 Å². The van der Waals surface area contributed by atoms with E-state index in [1.807, 2.05) is 7.05 Å². The van der Waals surface area contributed by atoms with Crippen molar-refractivity contribution in [2.24, 2.45) is 20.5 Å². The van der Waals surface area contributed by atoms with Gasteiger partial charge in [-0.25, -0.2) is 8.42 Å². The topological polar surface area (TPSA) is 338 Å². The maximum Gasteiger partial charge on any atom is 0.296 e. The summed E-state index contributed by atoms with van der Waals surface area (Å²) in [6, 6.07) is 6.31. The number of nitrogens with zero attached hydrogens (tertiary/aromatic N) is 4. The van der Waals surface area contributed by atoms with Crippen LogP contribution in [0.15, 0.2) is 87.4 Å². The van der Waals surface area contributed by atoms with Gasteiger partial charge < -0.3 is 21.5 Å². The minimum absolute atomic E-state index is 0. The van der Waals surface area contributed by atoms with Crippen molar-refractivity contribution in [3.05, 3.63) is 42.5 Å². The monoisotopic (exact) mass is 855 g/mol. The second kappa shape index (κ2) is 19.9. The van der Waals surface area contributed by atoms with E-state index in [0.717, 1.165) is 30.8 Å². The summed E-state index contributed by atoms with van der Waals surface area (Å²) in [7, 11) is -17.4. The van der Waals surface area contributed by atoms with Gasteiger partial charge in [-0.2, -0.15) is 25.3 Å². The maximum atomic E-state index is 12.7. The first-order valence-corrected chi connectivity index (χ1v) is 21.5. The normalized spacial score (nSPS) is 12.4. The van der Waals surface area contributed by atoms with Crippen LogP contribution in [-0.2, 0) is 54.1 Å². The summed E-state index contributed by atoms with van der Waals surface area (Å²) in [6.07, 6.45) is 6.66. The molecule has 0 spiro atoms. The molecule has 3 rings (SSSR count). The van der Waals surface area contributed by atoms with Gasteiger partial charge in [0.25, 0.3) is 30.4 Å². The third kappa shape index (κ3) is 13.2. The van der Waals surface area contributed by atoms with E-state index >= 15 is 0 Å². The number of azo groups is 2. The molecule has 298 valence electrons. The molecule has 0 aromatic heterocycles. The standard InChI is InChI=1S/C25H26N6O14S5.C3H9N.H2/c1-3-43-10-5-11-47(32,33)16-7-9-18(21(13-16)49(37,38)39)29-31-25-23(26)19(14-22(24(25)27)50(40,41)42)30-28-17-8-6-15(46-45-44-4-2)12-20(17)48(34,35)36;1-3-4-2;/h2,6-9,12-14H,3,5,10-11,26-27H2,1H3,(H,34,35,36)(H,37,38,39)(H,40,41,42);4H,3H2,1-2H3;1H. The quantitative estimate of drug-likeness (QED) is 0.0157. The zero-order valence-electron chi connectivity index (χ0n) is 28.5. The summed E-state index contributed by atoms with van der Waals surface area (Å²) in [5.74, 6) is -0.420. The summed E-state index contributed by atoms with van der Waals surface area (Å²) < 4.78 is 137. The predicted octanol–water partition coefficient (Wildman–Crippen LogP) is 4.64. The number of benzene rings is 3. The van der Waals surface area contributed by atoms with Gasteiger partial charge in [0, 0.05) is 19.5 Å². The minimum Gasteiger partial charge on any atom is -0.396 e. The Balaban J connectivity index is 0.00000288. The summed E-state index contributed by atoms with van der Waals surface area (Å²) in [6.45, 7) is 5.32. The Bertz CT molecular complexity index is 2370. The van der Waals surface area contributed by atoms with E-state index in [1.54, 1.807) is 13.0 Å². The Morgan fingerprint density at radius 1 is 0.796 bits per heavy atom. The molecule has 54 heavy (non-hydrogen) atoms. The average Bonchev–Trinajstić information content (AvgIpc) is 3.09. The average molecular weight is 856 g/mol. The number of hydrogen-bond acceptors (Lipinski definition) is 19. The number of nitrogens with two attached hydrogens (primary N) is 2. The first kappa shape index (κ1) is 45.9. The largest absolute Gasteiger partial charge is 0.396 e.